The molecule has 0 amide bonds. The summed E-state index contributed by atoms with van der Waals surface area (Å²) in [5.41, 5.74) is 2.35. The monoisotopic (exact) mass is 346 g/mol. The maximum atomic E-state index is 11.7. The fourth-order valence-corrected chi connectivity index (χ4v) is 4.20. The van der Waals surface area contributed by atoms with Gasteiger partial charge < -0.3 is 9.86 Å². The lowest BCUT2D eigenvalue weighted by atomic mass is 9.76. The molecule has 0 unspecified atom stereocenters. The van der Waals surface area contributed by atoms with Crippen molar-refractivity contribution in [2.24, 2.45) is 0 Å². The fraction of sp³-hybridized carbons (Fsp3) is 0.400. The molecule has 9 heteroatoms. The minimum Gasteiger partial charge on any atom is -0.557 e. The van der Waals surface area contributed by atoms with Crippen molar-refractivity contribution < 1.29 is 18.3 Å². The molecule has 1 aliphatic carbocycles. The second-order valence-electron chi connectivity index (χ2n) is 6.16. The molecule has 2 aromatic rings. The first-order chi connectivity index (χ1) is 11.5. The Bertz CT molecular complexity index is 932. The van der Waals surface area contributed by atoms with E-state index in [9.17, 15) is 13.6 Å². The fourth-order valence-electron chi connectivity index (χ4n) is 3.34. The lowest BCUT2D eigenvalue weighted by Gasteiger charge is -2.35. The Labute approximate surface area is 140 Å². The molecule has 1 saturated carbocycles. The summed E-state index contributed by atoms with van der Waals surface area (Å²) in [4.78, 5) is 4.27. The molecule has 2 aliphatic rings. The number of aromatic nitrogens is 2. The maximum absolute atomic E-state index is 11.7. The van der Waals surface area contributed by atoms with Crippen molar-refractivity contribution in [1.29, 1.82) is 0 Å². The van der Waals surface area contributed by atoms with Crippen LogP contribution in [0.15, 0.2) is 18.4 Å². The topological polar surface area (TPSA) is 93.5 Å². The molecule has 2 N–H and O–H groups in total. The summed E-state index contributed by atoms with van der Waals surface area (Å²) >= 11 is 0. The number of sulfonamides is 1. The van der Waals surface area contributed by atoms with Gasteiger partial charge in [0.25, 0.3) is 0 Å². The highest BCUT2D eigenvalue weighted by molar-refractivity contribution is 7.89. The number of nitrogens with one attached hydrogen (secondary N) is 1. The van der Waals surface area contributed by atoms with Crippen molar-refractivity contribution in [3.63, 3.8) is 0 Å². The van der Waals surface area contributed by atoms with Gasteiger partial charge in [-0.15, -0.1) is 0 Å². The van der Waals surface area contributed by atoms with Crippen LogP contribution < -0.4 is 9.38 Å². The van der Waals surface area contributed by atoms with Gasteiger partial charge in [-0.1, -0.05) is 12.1 Å². The first kappa shape index (κ1) is 15.5. The quantitative estimate of drug-likeness (QED) is 0.645. The smallest absolute Gasteiger partial charge is 0.401 e. The molecular formula is C15H17BN3O4S. The number of nitrogens with zero attached hydrogens (tertiary/aromatic N) is 2. The van der Waals surface area contributed by atoms with E-state index in [1.807, 2.05) is 6.08 Å². The molecule has 1 aliphatic heterocycles. The van der Waals surface area contributed by atoms with Crippen LogP contribution in [0.5, 0.6) is 5.75 Å². The van der Waals surface area contributed by atoms with Gasteiger partial charge in [-0.05, 0) is 31.2 Å². The number of pyridine rings is 1. The van der Waals surface area contributed by atoms with Crippen molar-refractivity contribution in [2.75, 3.05) is 5.75 Å². The third-order valence-electron chi connectivity index (χ3n) is 4.67. The molecule has 0 saturated heterocycles. The highest BCUT2D eigenvalue weighted by Crippen LogP contribution is 2.43. The van der Waals surface area contributed by atoms with Crippen molar-refractivity contribution in [2.45, 2.75) is 31.7 Å². The first-order valence-electron chi connectivity index (χ1n) is 7.88. The average Bonchev–Trinajstić information content (AvgIpc) is 2.87. The van der Waals surface area contributed by atoms with Crippen molar-refractivity contribution in [3.8, 4) is 5.75 Å². The Morgan fingerprint density at radius 1 is 1.50 bits per heavy atom. The molecular weight excluding hydrogens is 329 g/mol. The Hall–Kier alpha value is -2.00. The van der Waals surface area contributed by atoms with Crippen molar-refractivity contribution >= 4 is 34.6 Å². The van der Waals surface area contributed by atoms with Gasteiger partial charge in [0.15, 0.2) is 5.65 Å². The van der Waals surface area contributed by atoms with E-state index < -0.39 is 10.0 Å². The predicted octanol–water partition coefficient (Wildman–Crippen LogP) is 1.44. The highest BCUT2D eigenvalue weighted by atomic mass is 32.2. The Morgan fingerprint density at radius 2 is 2.29 bits per heavy atom. The summed E-state index contributed by atoms with van der Waals surface area (Å²) in [5.74, 6) is 2.72. The molecule has 1 fully saturated rings. The molecule has 24 heavy (non-hydrogen) atoms. The van der Waals surface area contributed by atoms with Crippen LogP contribution in [0.2, 0.25) is 0 Å². The van der Waals surface area contributed by atoms with E-state index in [1.54, 1.807) is 32.8 Å². The van der Waals surface area contributed by atoms with Gasteiger partial charge in [0.2, 0.25) is 10.0 Å². The average molecular weight is 346 g/mol. The summed E-state index contributed by atoms with van der Waals surface area (Å²) < 4.78 is 32.5. The molecule has 0 aromatic carbocycles. The molecule has 0 atom stereocenters. The summed E-state index contributed by atoms with van der Waals surface area (Å²) in [6.45, 7) is 1.62. The number of rotatable bonds is 4. The molecule has 1 radical (unpaired) electrons. The van der Waals surface area contributed by atoms with Crippen LogP contribution in [0.4, 0.5) is 0 Å². The minimum atomic E-state index is -3.19. The van der Waals surface area contributed by atoms with Gasteiger partial charge in [0.05, 0.1) is 11.9 Å². The van der Waals surface area contributed by atoms with E-state index in [0.717, 1.165) is 21.2 Å². The second-order valence-corrected chi connectivity index (χ2v) is 8.21. The van der Waals surface area contributed by atoms with Crippen LogP contribution in [0, 0.1) is 0 Å². The second kappa shape index (κ2) is 5.53. The molecule has 125 valence electrons. The third kappa shape index (κ3) is 2.48. The van der Waals surface area contributed by atoms with Crippen LogP contribution in [-0.2, 0) is 10.0 Å². The van der Waals surface area contributed by atoms with Crippen LogP contribution in [0.3, 0.4) is 0 Å². The van der Waals surface area contributed by atoms with Gasteiger partial charge >= 0.3 is 7.48 Å². The zero-order valence-electron chi connectivity index (χ0n) is 13.1. The van der Waals surface area contributed by atoms with Crippen LogP contribution in [0.25, 0.3) is 17.1 Å². The Kier molecular flexibility index (Phi) is 3.57. The summed E-state index contributed by atoms with van der Waals surface area (Å²) in [5, 5.41) is 11.0. The van der Waals surface area contributed by atoms with E-state index in [1.165, 1.54) is 0 Å². The summed E-state index contributed by atoms with van der Waals surface area (Å²) in [7, 11) is -1.60. The van der Waals surface area contributed by atoms with Gasteiger partial charge in [-0.25, -0.2) is 18.1 Å². The van der Waals surface area contributed by atoms with E-state index in [0.29, 0.717) is 24.2 Å². The number of hydrogen-bond acceptors (Lipinski definition) is 5. The zero-order valence-corrected chi connectivity index (χ0v) is 14.0. The molecule has 0 bridgehead atoms. The van der Waals surface area contributed by atoms with Crippen molar-refractivity contribution in [1.82, 2.24) is 14.4 Å². The summed E-state index contributed by atoms with van der Waals surface area (Å²) in [6, 6.07) is -0.0512. The van der Waals surface area contributed by atoms with Gasteiger partial charge in [0.1, 0.15) is 5.75 Å². The van der Waals surface area contributed by atoms with Crippen molar-refractivity contribution in [3.05, 3.63) is 29.5 Å². The Morgan fingerprint density at radius 3 is 3.04 bits per heavy atom. The predicted molar refractivity (Wildman–Crippen MR) is 90.7 cm³/mol. The molecule has 7 nitrogen and oxygen atoms in total. The van der Waals surface area contributed by atoms with Gasteiger partial charge in [-0.2, -0.15) is 4.73 Å². The zero-order chi connectivity index (χ0) is 16.9. The van der Waals surface area contributed by atoms with E-state index in [-0.39, 0.29) is 17.7 Å². The molecule has 3 heterocycles. The number of fused-ring (bicyclic) bond motifs is 3. The van der Waals surface area contributed by atoms with Gasteiger partial charge in [0, 0.05) is 23.2 Å². The van der Waals surface area contributed by atoms with E-state index >= 15 is 0 Å². The van der Waals surface area contributed by atoms with Gasteiger partial charge in [-0.3, -0.25) is 0 Å². The lowest BCUT2D eigenvalue weighted by Crippen LogP contribution is -2.43. The van der Waals surface area contributed by atoms with Crippen LogP contribution >= 0.6 is 0 Å². The Balaban J connectivity index is 1.66. The van der Waals surface area contributed by atoms with E-state index in [4.69, 9.17) is 4.65 Å². The molecule has 0 spiro atoms. The standard InChI is InChI=1S/C15H17BN3O4S/c1-2-24(21,22)18-10-5-9(6-10)12-8-19(20)15-14(12)11-3-4-16-23-13(11)7-17-15/h3-4,7-10,18,20H,2,5-6H2,1H3. The third-order valence-corrected chi connectivity index (χ3v) is 6.12. The van der Waals surface area contributed by atoms with Crippen LogP contribution in [0.1, 0.15) is 36.8 Å². The first-order valence-corrected chi connectivity index (χ1v) is 9.53. The molecule has 2 aromatic heterocycles. The van der Waals surface area contributed by atoms with Crippen LogP contribution in [-0.4, -0.2) is 42.6 Å². The SMILES string of the molecule is CCS(=O)(=O)NC1CC(c2cn(O)c3ncc4c(c23)C=C[B]O4)C1. The minimum absolute atomic E-state index is 0.0512. The number of hydrogen-bond donors (Lipinski definition) is 2. The summed E-state index contributed by atoms with van der Waals surface area (Å²) in [6.07, 6.45) is 6.60. The highest BCUT2D eigenvalue weighted by Gasteiger charge is 2.35. The maximum Gasteiger partial charge on any atom is 0.401 e. The lowest BCUT2D eigenvalue weighted by molar-refractivity contribution is 0.196. The largest absolute Gasteiger partial charge is 0.557 e. The normalized spacial score (nSPS) is 22.5. The van der Waals surface area contributed by atoms with E-state index in [2.05, 4.69) is 9.71 Å². The molecule has 4 rings (SSSR count).